The number of carbonyl (C=O) groups is 1. The first-order chi connectivity index (χ1) is 12.9. The molecule has 3 aromatic rings. The standard InChI is InChI=1S/C17H17F2N5O2S/c1-3-23(4-2)17-22-15-14(27-17)16(26)24(9-20-15)8-13(25)21-12-6-5-10(18)7-11(12)19/h5-7,9H,3-4,8H2,1-2H3,(H,21,25). The Hall–Kier alpha value is -2.88. The lowest BCUT2D eigenvalue weighted by atomic mass is 10.3. The molecule has 1 aromatic carbocycles. The highest BCUT2D eigenvalue weighted by molar-refractivity contribution is 7.22. The fourth-order valence-corrected chi connectivity index (χ4v) is 3.61. The number of rotatable bonds is 6. The summed E-state index contributed by atoms with van der Waals surface area (Å²) < 4.78 is 28.0. The van der Waals surface area contributed by atoms with E-state index in [2.05, 4.69) is 15.3 Å². The molecule has 0 aliphatic heterocycles. The summed E-state index contributed by atoms with van der Waals surface area (Å²) in [6.45, 7) is 5.11. The van der Waals surface area contributed by atoms with E-state index in [4.69, 9.17) is 0 Å². The number of fused-ring (bicyclic) bond motifs is 1. The van der Waals surface area contributed by atoms with E-state index in [-0.39, 0.29) is 12.2 Å². The quantitative estimate of drug-likeness (QED) is 0.696. The number of aromatic nitrogens is 3. The number of benzene rings is 1. The molecular formula is C17H17F2N5O2S. The van der Waals surface area contributed by atoms with Gasteiger partial charge in [-0.3, -0.25) is 14.2 Å². The van der Waals surface area contributed by atoms with Crippen molar-refractivity contribution < 1.29 is 13.6 Å². The van der Waals surface area contributed by atoms with Gasteiger partial charge in [-0.05, 0) is 26.0 Å². The van der Waals surface area contributed by atoms with E-state index in [0.717, 1.165) is 29.8 Å². The number of nitrogens with zero attached hydrogens (tertiary/aromatic N) is 4. The van der Waals surface area contributed by atoms with Crippen molar-refractivity contribution in [3.8, 4) is 0 Å². The van der Waals surface area contributed by atoms with E-state index in [1.54, 1.807) is 0 Å². The van der Waals surface area contributed by atoms with Crippen LogP contribution in [-0.4, -0.2) is 33.5 Å². The Bertz CT molecular complexity index is 1050. The van der Waals surface area contributed by atoms with Crippen molar-refractivity contribution in [1.29, 1.82) is 0 Å². The summed E-state index contributed by atoms with van der Waals surface area (Å²) in [7, 11) is 0. The van der Waals surface area contributed by atoms with Gasteiger partial charge in [0.1, 0.15) is 29.2 Å². The van der Waals surface area contributed by atoms with Gasteiger partial charge in [0.05, 0.1) is 5.69 Å². The lowest BCUT2D eigenvalue weighted by Crippen LogP contribution is -2.27. The summed E-state index contributed by atoms with van der Waals surface area (Å²) in [5, 5.41) is 3.00. The Morgan fingerprint density at radius 3 is 2.70 bits per heavy atom. The van der Waals surface area contributed by atoms with Crippen molar-refractivity contribution in [1.82, 2.24) is 14.5 Å². The van der Waals surface area contributed by atoms with E-state index >= 15 is 0 Å². The molecular weight excluding hydrogens is 376 g/mol. The topological polar surface area (TPSA) is 80.1 Å². The molecule has 7 nitrogen and oxygen atoms in total. The molecule has 0 radical (unpaired) electrons. The maximum absolute atomic E-state index is 13.6. The van der Waals surface area contributed by atoms with E-state index in [9.17, 15) is 18.4 Å². The fourth-order valence-electron chi connectivity index (χ4n) is 2.51. The number of hydrogen-bond acceptors (Lipinski definition) is 6. The van der Waals surface area contributed by atoms with Crippen LogP contribution in [0.15, 0.2) is 29.3 Å². The largest absolute Gasteiger partial charge is 0.349 e. The first-order valence-electron chi connectivity index (χ1n) is 8.28. The van der Waals surface area contributed by atoms with Gasteiger partial charge < -0.3 is 10.2 Å². The van der Waals surface area contributed by atoms with Crippen LogP contribution < -0.4 is 15.8 Å². The normalized spacial score (nSPS) is 11.0. The lowest BCUT2D eigenvalue weighted by molar-refractivity contribution is -0.116. The molecule has 0 atom stereocenters. The molecule has 27 heavy (non-hydrogen) atoms. The van der Waals surface area contributed by atoms with Crippen LogP contribution in [0, 0.1) is 11.6 Å². The summed E-state index contributed by atoms with van der Waals surface area (Å²) in [5.41, 5.74) is -0.233. The van der Waals surface area contributed by atoms with Crippen LogP contribution in [0.1, 0.15) is 13.8 Å². The van der Waals surface area contributed by atoms with Crippen LogP contribution in [0.25, 0.3) is 10.3 Å². The first-order valence-corrected chi connectivity index (χ1v) is 9.10. The number of hydrogen-bond donors (Lipinski definition) is 1. The van der Waals surface area contributed by atoms with Crippen molar-refractivity contribution in [2.45, 2.75) is 20.4 Å². The van der Waals surface area contributed by atoms with Crippen LogP contribution in [0.2, 0.25) is 0 Å². The van der Waals surface area contributed by atoms with Gasteiger partial charge in [0.15, 0.2) is 10.8 Å². The van der Waals surface area contributed by atoms with Gasteiger partial charge in [-0.15, -0.1) is 0 Å². The zero-order valence-corrected chi connectivity index (χ0v) is 15.5. The van der Waals surface area contributed by atoms with E-state index < -0.39 is 23.1 Å². The maximum Gasteiger partial charge on any atom is 0.273 e. The van der Waals surface area contributed by atoms with Crippen LogP contribution in [0.4, 0.5) is 19.6 Å². The zero-order chi connectivity index (χ0) is 19.6. The summed E-state index contributed by atoms with van der Waals surface area (Å²) in [4.78, 5) is 35.2. The molecule has 142 valence electrons. The third-order valence-electron chi connectivity index (χ3n) is 3.93. The van der Waals surface area contributed by atoms with Crippen molar-refractivity contribution in [3.05, 3.63) is 46.5 Å². The van der Waals surface area contributed by atoms with Gasteiger partial charge in [0, 0.05) is 19.2 Å². The van der Waals surface area contributed by atoms with Crippen LogP contribution in [0.5, 0.6) is 0 Å². The van der Waals surface area contributed by atoms with Gasteiger partial charge in [-0.1, -0.05) is 11.3 Å². The molecule has 0 saturated heterocycles. The number of anilines is 2. The van der Waals surface area contributed by atoms with Gasteiger partial charge in [0.2, 0.25) is 5.91 Å². The predicted octanol–water partition coefficient (Wildman–Crippen LogP) is 2.62. The van der Waals surface area contributed by atoms with Gasteiger partial charge >= 0.3 is 0 Å². The predicted molar refractivity (Wildman–Crippen MR) is 100 cm³/mol. The Morgan fingerprint density at radius 1 is 1.30 bits per heavy atom. The smallest absolute Gasteiger partial charge is 0.273 e. The minimum absolute atomic E-state index is 0.162. The van der Waals surface area contributed by atoms with Crippen LogP contribution in [0.3, 0.4) is 0 Å². The minimum Gasteiger partial charge on any atom is -0.349 e. The molecule has 3 rings (SSSR count). The molecule has 1 N–H and O–H groups in total. The molecule has 0 bridgehead atoms. The van der Waals surface area contributed by atoms with Crippen molar-refractivity contribution in [2.75, 3.05) is 23.3 Å². The molecule has 10 heteroatoms. The molecule has 2 heterocycles. The molecule has 0 unspecified atom stereocenters. The number of halogens is 2. The average Bonchev–Trinajstić information content (AvgIpc) is 3.06. The molecule has 0 aliphatic rings. The molecule has 0 aliphatic carbocycles. The van der Waals surface area contributed by atoms with E-state index in [0.29, 0.717) is 21.5 Å². The molecule has 1 amide bonds. The SMILES string of the molecule is CCN(CC)c1nc2ncn(CC(=O)Nc3ccc(F)cc3F)c(=O)c2s1. The highest BCUT2D eigenvalue weighted by atomic mass is 32.1. The van der Waals surface area contributed by atoms with Crippen molar-refractivity contribution in [3.63, 3.8) is 0 Å². The molecule has 2 aromatic heterocycles. The van der Waals surface area contributed by atoms with E-state index in [1.165, 1.54) is 17.7 Å². The first kappa shape index (κ1) is 18.9. The number of carbonyl (C=O) groups excluding carboxylic acids is 1. The second kappa shape index (κ2) is 7.78. The summed E-state index contributed by atoms with van der Waals surface area (Å²) in [6.07, 6.45) is 1.23. The highest BCUT2D eigenvalue weighted by Crippen LogP contribution is 2.24. The zero-order valence-electron chi connectivity index (χ0n) is 14.7. The Kier molecular flexibility index (Phi) is 5.45. The van der Waals surface area contributed by atoms with Gasteiger partial charge in [0.25, 0.3) is 5.56 Å². The van der Waals surface area contributed by atoms with Crippen LogP contribution in [-0.2, 0) is 11.3 Å². The third kappa shape index (κ3) is 3.95. The molecule has 0 saturated carbocycles. The minimum atomic E-state index is -0.893. The third-order valence-corrected chi connectivity index (χ3v) is 5.02. The summed E-state index contributed by atoms with van der Waals surface area (Å²) >= 11 is 1.22. The fraction of sp³-hybridized carbons (Fsp3) is 0.294. The molecule has 0 spiro atoms. The highest BCUT2D eigenvalue weighted by Gasteiger charge is 2.16. The lowest BCUT2D eigenvalue weighted by Gasteiger charge is -2.15. The Balaban J connectivity index is 1.83. The van der Waals surface area contributed by atoms with Gasteiger partial charge in [-0.2, -0.15) is 4.98 Å². The Morgan fingerprint density at radius 2 is 2.04 bits per heavy atom. The van der Waals surface area contributed by atoms with E-state index in [1.807, 2.05) is 18.7 Å². The van der Waals surface area contributed by atoms with Crippen molar-refractivity contribution in [2.24, 2.45) is 0 Å². The summed E-state index contributed by atoms with van der Waals surface area (Å²) in [6, 6.07) is 2.82. The van der Waals surface area contributed by atoms with Crippen molar-refractivity contribution >= 4 is 38.4 Å². The average molecular weight is 393 g/mol. The second-order valence-corrected chi connectivity index (χ2v) is 6.65. The maximum atomic E-state index is 13.6. The van der Waals surface area contributed by atoms with Gasteiger partial charge in [-0.25, -0.2) is 13.8 Å². The number of amides is 1. The van der Waals surface area contributed by atoms with Crippen LogP contribution >= 0.6 is 11.3 Å². The summed E-state index contributed by atoms with van der Waals surface area (Å²) in [5.74, 6) is -2.27. The monoisotopic (exact) mass is 393 g/mol. The molecule has 0 fully saturated rings. The number of nitrogens with one attached hydrogen (secondary N) is 1. The Labute approximate surface area is 157 Å². The second-order valence-electron chi connectivity index (χ2n) is 5.67. The number of thiazole rings is 1.